The number of carbonyl (C=O) groups is 1. The van der Waals surface area contributed by atoms with Gasteiger partial charge >= 0.3 is 0 Å². The van der Waals surface area contributed by atoms with E-state index in [2.05, 4.69) is 16.3 Å². The number of amides is 1. The molecule has 0 saturated carbocycles. The first kappa shape index (κ1) is 17.5. The maximum Gasteiger partial charge on any atom is 0.244 e. The maximum absolute atomic E-state index is 12.0. The second kappa shape index (κ2) is 8.65. The van der Waals surface area contributed by atoms with Crippen LogP contribution in [-0.2, 0) is 17.9 Å². The largest absolute Gasteiger partial charge is 0.465 e. The number of carbonyl (C=O) groups excluding carboxylic acids is 1. The van der Waals surface area contributed by atoms with E-state index in [4.69, 9.17) is 4.42 Å². The summed E-state index contributed by atoms with van der Waals surface area (Å²) in [6.45, 7) is 3.16. The van der Waals surface area contributed by atoms with Gasteiger partial charge in [0.2, 0.25) is 5.91 Å². The van der Waals surface area contributed by atoms with E-state index in [9.17, 15) is 9.90 Å². The molecule has 2 aromatic rings. The van der Waals surface area contributed by atoms with Gasteiger partial charge in [-0.3, -0.25) is 9.69 Å². The Morgan fingerprint density at radius 3 is 2.68 bits per heavy atom. The van der Waals surface area contributed by atoms with E-state index in [1.165, 1.54) is 11.6 Å². The Morgan fingerprint density at radius 1 is 1.20 bits per heavy atom. The van der Waals surface area contributed by atoms with E-state index in [0.29, 0.717) is 12.3 Å². The third-order valence-corrected chi connectivity index (χ3v) is 4.46. The van der Waals surface area contributed by atoms with Gasteiger partial charge in [-0.05, 0) is 42.2 Å². The molecule has 25 heavy (non-hydrogen) atoms. The molecular formula is C20H24N2O3. The van der Waals surface area contributed by atoms with Crippen molar-refractivity contribution < 1.29 is 14.3 Å². The molecule has 0 atom stereocenters. The van der Waals surface area contributed by atoms with Crippen molar-refractivity contribution in [2.75, 3.05) is 13.1 Å². The van der Waals surface area contributed by atoms with Gasteiger partial charge in [-0.25, -0.2) is 0 Å². The lowest BCUT2D eigenvalue weighted by molar-refractivity contribution is -0.116. The quantitative estimate of drug-likeness (QED) is 0.793. The molecule has 2 heterocycles. The normalized spacial score (nSPS) is 16.4. The molecule has 1 fully saturated rings. The van der Waals surface area contributed by atoms with Crippen LogP contribution in [0.2, 0.25) is 0 Å². The van der Waals surface area contributed by atoms with Crippen LogP contribution in [0.5, 0.6) is 0 Å². The highest BCUT2D eigenvalue weighted by Crippen LogP contribution is 2.16. The van der Waals surface area contributed by atoms with Crippen LogP contribution in [0.4, 0.5) is 0 Å². The molecule has 1 saturated heterocycles. The van der Waals surface area contributed by atoms with Gasteiger partial charge in [0, 0.05) is 32.3 Å². The smallest absolute Gasteiger partial charge is 0.244 e. The van der Waals surface area contributed by atoms with Crippen molar-refractivity contribution in [2.24, 2.45) is 0 Å². The summed E-state index contributed by atoms with van der Waals surface area (Å²) in [6, 6.07) is 11.7. The summed E-state index contributed by atoms with van der Waals surface area (Å²) in [7, 11) is 0. The van der Waals surface area contributed by atoms with E-state index in [0.717, 1.165) is 38.0 Å². The molecule has 0 radical (unpaired) electrons. The zero-order valence-corrected chi connectivity index (χ0v) is 14.2. The number of nitrogens with zero attached hydrogens (tertiary/aromatic N) is 1. The maximum atomic E-state index is 12.0. The molecule has 1 aromatic heterocycles. The molecule has 0 unspecified atom stereocenters. The first-order valence-electron chi connectivity index (χ1n) is 8.67. The molecule has 0 spiro atoms. The van der Waals surface area contributed by atoms with Crippen LogP contribution in [0.15, 0.2) is 53.2 Å². The lowest BCUT2D eigenvalue weighted by Crippen LogP contribution is -2.35. The number of aliphatic hydroxyl groups is 1. The van der Waals surface area contributed by atoms with Crippen LogP contribution in [0.25, 0.3) is 6.08 Å². The standard InChI is InChI=1S/C20H24N2O3/c23-18-9-11-22(12-10-18)15-17-5-2-1-4-16(17)14-21-20(24)8-7-19-6-3-13-25-19/h1-8,13,18,23H,9-12,14-15H2,(H,21,24). The molecule has 0 aliphatic carbocycles. The molecule has 2 N–H and O–H groups in total. The van der Waals surface area contributed by atoms with Gasteiger partial charge in [0.25, 0.3) is 0 Å². The number of aliphatic hydroxyl groups excluding tert-OH is 1. The van der Waals surface area contributed by atoms with Gasteiger partial charge in [-0.15, -0.1) is 0 Å². The average Bonchev–Trinajstić information content (AvgIpc) is 3.15. The Kier molecular flexibility index (Phi) is 6.04. The van der Waals surface area contributed by atoms with E-state index in [1.807, 2.05) is 18.2 Å². The number of benzene rings is 1. The van der Waals surface area contributed by atoms with E-state index in [-0.39, 0.29) is 12.0 Å². The molecule has 1 aliphatic heterocycles. The van der Waals surface area contributed by atoms with Crippen LogP contribution >= 0.6 is 0 Å². The number of furan rings is 1. The van der Waals surface area contributed by atoms with Crippen LogP contribution < -0.4 is 5.32 Å². The van der Waals surface area contributed by atoms with Gasteiger partial charge in [0.15, 0.2) is 0 Å². The van der Waals surface area contributed by atoms with Crippen molar-refractivity contribution in [2.45, 2.75) is 32.0 Å². The second-order valence-corrected chi connectivity index (χ2v) is 6.34. The van der Waals surface area contributed by atoms with Crippen LogP contribution in [-0.4, -0.2) is 35.1 Å². The average molecular weight is 340 g/mol. The van der Waals surface area contributed by atoms with Gasteiger partial charge in [-0.1, -0.05) is 24.3 Å². The molecule has 0 bridgehead atoms. The number of nitrogens with one attached hydrogen (secondary N) is 1. The highest BCUT2D eigenvalue weighted by molar-refractivity contribution is 5.91. The van der Waals surface area contributed by atoms with Crippen molar-refractivity contribution in [3.05, 3.63) is 65.6 Å². The van der Waals surface area contributed by atoms with Crippen molar-refractivity contribution in [1.29, 1.82) is 0 Å². The van der Waals surface area contributed by atoms with Crippen molar-refractivity contribution in [1.82, 2.24) is 10.2 Å². The van der Waals surface area contributed by atoms with Gasteiger partial charge in [0.05, 0.1) is 12.4 Å². The summed E-state index contributed by atoms with van der Waals surface area (Å²) >= 11 is 0. The summed E-state index contributed by atoms with van der Waals surface area (Å²) in [5.74, 6) is 0.509. The van der Waals surface area contributed by atoms with Crippen molar-refractivity contribution in [3.63, 3.8) is 0 Å². The van der Waals surface area contributed by atoms with Crippen molar-refractivity contribution in [3.8, 4) is 0 Å². The minimum absolute atomic E-state index is 0.146. The van der Waals surface area contributed by atoms with Gasteiger partial charge < -0.3 is 14.8 Å². The third kappa shape index (κ3) is 5.31. The zero-order chi connectivity index (χ0) is 17.5. The summed E-state index contributed by atoms with van der Waals surface area (Å²) < 4.78 is 5.17. The zero-order valence-electron chi connectivity index (χ0n) is 14.2. The van der Waals surface area contributed by atoms with Crippen LogP contribution in [0, 0.1) is 0 Å². The van der Waals surface area contributed by atoms with Gasteiger partial charge in [-0.2, -0.15) is 0 Å². The highest BCUT2D eigenvalue weighted by atomic mass is 16.3. The number of hydrogen-bond acceptors (Lipinski definition) is 4. The first-order valence-corrected chi connectivity index (χ1v) is 8.67. The number of piperidine rings is 1. The highest BCUT2D eigenvalue weighted by Gasteiger charge is 2.17. The first-order chi connectivity index (χ1) is 12.2. The predicted octanol–water partition coefficient (Wildman–Crippen LogP) is 2.57. The van der Waals surface area contributed by atoms with Crippen molar-refractivity contribution >= 4 is 12.0 Å². The molecule has 132 valence electrons. The molecule has 3 rings (SSSR count). The van der Waals surface area contributed by atoms with Crippen LogP contribution in [0.1, 0.15) is 29.7 Å². The van der Waals surface area contributed by atoms with E-state index in [1.54, 1.807) is 24.5 Å². The van der Waals surface area contributed by atoms with E-state index >= 15 is 0 Å². The molecule has 1 amide bonds. The lowest BCUT2D eigenvalue weighted by Gasteiger charge is -2.30. The Balaban J connectivity index is 1.54. The van der Waals surface area contributed by atoms with Crippen LogP contribution in [0.3, 0.4) is 0 Å². The molecule has 5 heteroatoms. The molecule has 1 aliphatic rings. The lowest BCUT2D eigenvalue weighted by atomic mass is 10.0. The molecule has 1 aromatic carbocycles. The third-order valence-electron chi connectivity index (χ3n) is 4.46. The Labute approximate surface area is 148 Å². The topological polar surface area (TPSA) is 65.7 Å². The summed E-state index contributed by atoms with van der Waals surface area (Å²) in [5, 5.41) is 12.5. The minimum atomic E-state index is -0.160. The number of rotatable bonds is 6. The Hall–Kier alpha value is -2.37. The second-order valence-electron chi connectivity index (χ2n) is 6.34. The monoisotopic (exact) mass is 340 g/mol. The molecule has 5 nitrogen and oxygen atoms in total. The fraction of sp³-hybridized carbons (Fsp3) is 0.350. The Bertz CT molecular complexity index is 701. The van der Waals surface area contributed by atoms with Gasteiger partial charge in [0.1, 0.15) is 5.76 Å². The van der Waals surface area contributed by atoms with E-state index < -0.39 is 0 Å². The summed E-state index contributed by atoms with van der Waals surface area (Å²) in [4.78, 5) is 14.3. The summed E-state index contributed by atoms with van der Waals surface area (Å²) in [5.41, 5.74) is 2.34. The Morgan fingerprint density at radius 2 is 1.96 bits per heavy atom. The number of hydrogen-bond donors (Lipinski definition) is 2. The fourth-order valence-electron chi connectivity index (χ4n) is 2.99. The fourth-order valence-corrected chi connectivity index (χ4v) is 2.99. The SMILES string of the molecule is O=C(C=Cc1ccco1)NCc1ccccc1CN1CCC(O)CC1. The predicted molar refractivity (Wildman–Crippen MR) is 96.5 cm³/mol. The minimum Gasteiger partial charge on any atom is -0.465 e. The number of likely N-dealkylation sites (tertiary alicyclic amines) is 1. The summed E-state index contributed by atoms with van der Waals surface area (Å²) in [6.07, 6.45) is 6.21. The molecular weight excluding hydrogens is 316 g/mol.